The Balaban J connectivity index is 1.66. The van der Waals surface area contributed by atoms with E-state index in [1.54, 1.807) is 6.07 Å². The summed E-state index contributed by atoms with van der Waals surface area (Å²) in [5.41, 5.74) is 1.66. The molecule has 1 heterocycles. The molecule has 0 aliphatic carbocycles. The Morgan fingerprint density at radius 2 is 1.89 bits per heavy atom. The van der Waals surface area contributed by atoms with E-state index in [1.165, 1.54) is 0 Å². The maximum absolute atomic E-state index is 12.5. The van der Waals surface area contributed by atoms with E-state index in [0.717, 1.165) is 17.7 Å². The summed E-state index contributed by atoms with van der Waals surface area (Å²) >= 11 is 6.14. The van der Waals surface area contributed by atoms with Crippen LogP contribution in [0.1, 0.15) is 18.9 Å². The number of anilines is 1. The van der Waals surface area contributed by atoms with Gasteiger partial charge in [0.25, 0.3) is 5.91 Å². The Hall–Kier alpha value is -2.73. The number of benzene rings is 2. The predicted molar refractivity (Wildman–Crippen MR) is 110 cm³/mol. The van der Waals surface area contributed by atoms with Crippen molar-refractivity contribution >= 4 is 29.1 Å². The molecule has 0 fully saturated rings. The average molecular weight is 402 g/mol. The number of para-hydroxylation sites is 2. The number of amides is 2. The number of rotatable bonds is 7. The summed E-state index contributed by atoms with van der Waals surface area (Å²) in [4.78, 5) is 26.8. The fourth-order valence-corrected chi connectivity index (χ4v) is 3.22. The van der Waals surface area contributed by atoms with Gasteiger partial charge in [-0.05, 0) is 30.2 Å². The molecule has 7 heteroatoms. The molecule has 28 heavy (non-hydrogen) atoms. The summed E-state index contributed by atoms with van der Waals surface area (Å²) in [6, 6.07) is 14.8. The van der Waals surface area contributed by atoms with Crippen molar-refractivity contribution in [1.82, 2.24) is 10.6 Å². The van der Waals surface area contributed by atoms with Crippen LogP contribution in [-0.4, -0.2) is 37.6 Å². The SMILES string of the molecule is CCCNC(=O)[C@@H]1CN(CC(=O)NCc2ccccc2Cl)c2ccccc2O1. The standard InChI is InChI=1S/C21H24ClN3O3/c1-2-11-23-21(27)19-13-25(17-9-5-6-10-18(17)28-19)14-20(26)24-12-15-7-3-4-8-16(15)22/h3-10,19H,2,11-14H2,1H3,(H,23,27)(H,24,26)/t19-/m0/s1. The highest BCUT2D eigenvalue weighted by Gasteiger charge is 2.31. The van der Waals surface area contributed by atoms with Crippen LogP contribution in [0.4, 0.5) is 5.69 Å². The number of carbonyl (C=O) groups is 2. The van der Waals surface area contributed by atoms with Crippen molar-refractivity contribution in [2.24, 2.45) is 0 Å². The molecule has 0 saturated heterocycles. The summed E-state index contributed by atoms with van der Waals surface area (Å²) in [5, 5.41) is 6.36. The highest BCUT2D eigenvalue weighted by molar-refractivity contribution is 6.31. The molecule has 6 nitrogen and oxygen atoms in total. The third-order valence-corrected chi connectivity index (χ3v) is 4.84. The maximum atomic E-state index is 12.5. The Labute approximate surface area is 169 Å². The number of halogens is 1. The molecule has 1 aliphatic heterocycles. The Kier molecular flexibility index (Phi) is 6.76. The molecule has 0 saturated carbocycles. The monoisotopic (exact) mass is 401 g/mol. The van der Waals surface area contributed by atoms with Gasteiger partial charge in [0.15, 0.2) is 6.10 Å². The average Bonchev–Trinajstić information content (AvgIpc) is 2.71. The van der Waals surface area contributed by atoms with Gasteiger partial charge in [-0.25, -0.2) is 0 Å². The van der Waals surface area contributed by atoms with Crippen LogP contribution in [0.2, 0.25) is 5.02 Å². The maximum Gasteiger partial charge on any atom is 0.262 e. The first-order chi connectivity index (χ1) is 13.6. The second-order valence-electron chi connectivity index (χ2n) is 6.61. The number of ether oxygens (including phenoxy) is 1. The van der Waals surface area contributed by atoms with Crippen LogP contribution in [0.3, 0.4) is 0 Å². The van der Waals surface area contributed by atoms with Gasteiger partial charge in [-0.1, -0.05) is 48.9 Å². The van der Waals surface area contributed by atoms with Crippen LogP contribution < -0.4 is 20.3 Å². The van der Waals surface area contributed by atoms with E-state index in [1.807, 2.05) is 54.3 Å². The van der Waals surface area contributed by atoms with Crippen molar-refractivity contribution in [3.05, 3.63) is 59.1 Å². The molecule has 2 N–H and O–H groups in total. The van der Waals surface area contributed by atoms with Crippen LogP contribution in [0.15, 0.2) is 48.5 Å². The zero-order valence-corrected chi connectivity index (χ0v) is 16.5. The van der Waals surface area contributed by atoms with Gasteiger partial charge in [-0.2, -0.15) is 0 Å². The number of nitrogens with zero attached hydrogens (tertiary/aromatic N) is 1. The molecule has 0 aromatic heterocycles. The van der Waals surface area contributed by atoms with Crippen LogP contribution in [0, 0.1) is 0 Å². The largest absolute Gasteiger partial charge is 0.477 e. The van der Waals surface area contributed by atoms with Crippen molar-refractivity contribution in [3.63, 3.8) is 0 Å². The van der Waals surface area contributed by atoms with E-state index in [-0.39, 0.29) is 18.4 Å². The van der Waals surface area contributed by atoms with Crippen molar-refractivity contribution < 1.29 is 14.3 Å². The smallest absolute Gasteiger partial charge is 0.262 e. The first-order valence-electron chi connectivity index (χ1n) is 9.37. The van der Waals surface area contributed by atoms with Gasteiger partial charge in [0, 0.05) is 18.1 Å². The van der Waals surface area contributed by atoms with Crippen LogP contribution in [-0.2, 0) is 16.1 Å². The molecule has 2 aromatic rings. The van der Waals surface area contributed by atoms with Gasteiger partial charge in [0.2, 0.25) is 5.91 Å². The van der Waals surface area contributed by atoms with E-state index in [4.69, 9.17) is 16.3 Å². The highest BCUT2D eigenvalue weighted by atomic mass is 35.5. The molecule has 0 bridgehead atoms. The number of carbonyl (C=O) groups excluding carboxylic acids is 2. The third kappa shape index (κ3) is 4.95. The van der Waals surface area contributed by atoms with E-state index in [2.05, 4.69) is 10.6 Å². The number of nitrogens with one attached hydrogen (secondary N) is 2. The first-order valence-corrected chi connectivity index (χ1v) is 9.74. The van der Waals surface area contributed by atoms with Crippen molar-refractivity contribution in [3.8, 4) is 5.75 Å². The van der Waals surface area contributed by atoms with Gasteiger partial charge in [-0.3, -0.25) is 9.59 Å². The van der Waals surface area contributed by atoms with Gasteiger partial charge >= 0.3 is 0 Å². The van der Waals surface area contributed by atoms with E-state index in [0.29, 0.717) is 30.4 Å². The lowest BCUT2D eigenvalue weighted by Gasteiger charge is -2.35. The molecule has 0 radical (unpaired) electrons. The zero-order valence-electron chi connectivity index (χ0n) is 15.8. The lowest BCUT2D eigenvalue weighted by Crippen LogP contribution is -2.51. The fourth-order valence-electron chi connectivity index (χ4n) is 3.02. The molecular formula is C21H24ClN3O3. The normalized spacial score (nSPS) is 15.4. The molecule has 0 spiro atoms. The third-order valence-electron chi connectivity index (χ3n) is 4.47. The van der Waals surface area contributed by atoms with Gasteiger partial charge < -0.3 is 20.3 Å². The van der Waals surface area contributed by atoms with Gasteiger partial charge in [0.1, 0.15) is 5.75 Å². The molecule has 1 atom stereocenters. The number of fused-ring (bicyclic) bond motifs is 1. The summed E-state index contributed by atoms with van der Waals surface area (Å²) < 4.78 is 5.84. The second-order valence-corrected chi connectivity index (χ2v) is 7.02. The van der Waals surface area contributed by atoms with Crippen LogP contribution in [0.25, 0.3) is 0 Å². The zero-order chi connectivity index (χ0) is 19.9. The predicted octanol–water partition coefficient (Wildman–Crippen LogP) is 2.75. The minimum absolute atomic E-state index is 0.127. The topological polar surface area (TPSA) is 70.7 Å². The first kappa shape index (κ1) is 20.0. The van der Waals surface area contributed by atoms with E-state index < -0.39 is 6.10 Å². The van der Waals surface area contributed by atoms with Crippen molar-refractivity contribution in [1.29, 1.82) is 0 Å². The van der Waals surface area contributed by atoms with E-state index >= 15 is 0 Å². The number of hydrogen-bond donors (Lipinski definition) is 2. The van der Waals surface area contributed by atoms with E-state index in [9.17, 15) is 9.59 Å². The van der Waals surface area contributed by atoms with Crippen LogP contribution in [0.5, 0.6) is 5.75 Å². The molecule has 0 unspecified atom stereocenters. The van der Waals surface area contributed by atoms with Crippen molar-refractivity contribution in [2.75, 3.05) is 24.5 Å². The number of hydrogen-bond acceptors (Lipinski definition) is 4. The van der Waals surface area contributed by atoms with Gasteiger partial charge in [0.05, 0.1) is 18.8 Å². The molecule has 148 valence electrons. The Morgan fingerprint density at radius 1 is 1.14 bits per heavy atom. The molecule has 2 aromatic carbocycles. The quantitative estimate of drug-likeness (QED) is 0.748. The summed E-state index contributed by atoms with van der Waals surface area (Å²) in [6.07, 6.45) is 0.196. The Morgan fingerprint density at radius 3 is 2.68 bits per heavy atom. The second kappa shape index (κ2) is 9.46. The lowest BCUT2D eigenvalue weighted by atomic mass is 10.1. The minimum Gasteiger partial charge on any atom is -0.477 e. The van der Waals surface area contributed by atoms with Crippen molar-refractivity contribution in [2.45, 2.75) is 26.0 Å². The lowest BCUT2D eigenvalue weighted by molar-refractivity contribution is -0.128. The van der Waals surface area contributed by atoms with Crippen LogP contribution >= 0.6 is 11.6 Å². The minimum atomic E-state index is -0.655. The summed E-state index contributed by atoms with van der Waals surface area (Å²) in [5.74, 6) is 0.284. The van der Waals surface area contributed by atoms with Gasteiger partial charge in [-0.15, -0.1) is 0 Å². The molecule has 3 rings (SSSR count). The molecule has 1 aliphatic rings. The molecule has 2 amide bonds. The summed E-state index contributed by atoms with van der Waals surface area (Å²) in [7, 11) is 0. The summed E-state index contributed by atoms with van der Waals surface area (Å²) in [6.45, 7) is 3.38. The molecular weight excluding hydrogens is 378 g/mol. The highest BCUT2D eigenvalue weighted by Crippen LogP contribution is 2.32. The Bertz CT molecular complexity index is 843. The fraction of sp³-hybridized carbons (Fsp3) is 0.333.